The summed E-state index contributed by atoms with van der Waals surface area (Å²) in [6, 6.07) is 3.98. The van der Waals surface area contributed by atoms with E-state index in [0.717, 1.165) is 18.8 Å². The molecule has 13 heavy (non-hydrogen) atoms. The van der Waals surface area contributed by atoms with Crippen molar-refractivity contribution in [1.29, 1.82) is 5.41 Å². The molecule has 68 valence electrons. The van der Waals surface area contributed by atoms with Gasteiger partial charge in [0.1, 0.15) is 0 Å². The average Bonchev–Trinajstić information content (AvgIpc) is 2.54. The van der Waals surface area contributed by atoms with Crippen LogP contribution in [0.5, 0.6) is 0 Å². The Labute approximate surface area is 81.7 Å². The van der Waals surface area contributed by atoms with Crippen molar-refractivity contribution in [1.82, 2.24) is 9.88 Å². The Morgan fingerprint density at radius 3 is 3.15 bits per heavy atom. The van der Waals surface area contributed by atoms with Gasteiger partial charge in [-0.3, -0.25) is 10.4 Å². The lowest BCUT2D eigenvalue weighted by molar-refractivity contribution is 0.454. The van der Waals surface area contributed by atoms with Crippen LogP contribution < -0.4 is 0 Å². The molecule has 1 N–H and O–H groups in total. The highest BCUT2D eigenvalue weighted by Crippen LogP contribution is 2.18. The summed E-state index contributed by atoms with van der Waals surface area (Å²) >= 11 is 1.61. The van der Waals surface area contributed by atoms with E-state index < -0.39 is 0 Å². The van der Waals surface area contributed by atoms with Crippen molar-refractivity contribution >= 4 is 16.9 Å². The molecule has 0 unspecified atom stereocenters. The zero-order chi connectivity index (χ0) is 9.10. The molecule has 0 atom stereocenters. The molecule has 4 heteroatoms. The molecular weight excluding hydrogens is 182 g/mol. The molecule has 0 saturated carbocycles. The van der Waals surface area contributed by atoms with Crippen LogP contribution in [0.15, 0.2) is 24.5 Å². The molecule has 0 aromatic carbocycles. The summed E-state index contributed by atoms with van der Waals surface area (Å²) in [6.07, 6.45) is 3.63. The van der Waals surface area contributed by atoms with Crippen molar-refractivity contribution < 1.29 is 0 Å². The maximum absolute atomic E-state index is 7.62. The lowest BCUT2D eigenvalue weighted by Gasteiger charge is -2.15. The molecule has 0 aliphatic carbocycles. The molecule has 1 aliphatic heterocycles. The van der Waals surface area contributed by atoms with E-state index in [-0.39, 0.29) is 0 Å². The molecule has 1 aromatic rings. The van der Waals surface area contributed by atoms with Crippen LogP contribution in [0.3, 0.4) is 0 Å². The van der Waals surface area contributed by atoms with E-state index in [4.69, 9.17) is 5.41 Å². The second-order valence-electron chi connectivity index (χ2n) is 2.94. The Bertz CT molecular complexity index is 299. The molecule has 1 aromatic heterocycles. The smallest absolute Gasteiger partial charge is 0.156 e. The highest BCUT2D eigenvalue weighted by Gasteiger charge is 2.17. The molecule has 0 spiro atoms. The first-order valence-electron chi connectivity index (χ1n) is 4.21. The largest absolute Gasteiger partial charge is 0.346 e. The molecule has 0 amide bonds. The quantitative estimate of drug-likeness (QED) is 0.775. The summed E-state index contributed by atoms with van der Waals surface area (Å²) in [5.41, 5.74) is 1.18. The van der Waals surface area contributed by atoms with Crippen LogP contribution in [0.4, 0.5) is 0 Å². The summed E-state index contributed by atoms with van der Waals surface area (Å²) < 4.78 is 0. The number of hydrogen-bond acceptors (Lipinski definition) is 3. The van der Waals surface area contributed by atoms with Gasteiger partial charge in [-0.05, 0) is 11.6 Å². The maximum atomic E-state index is 7.62. The van der Waals surface area contributed by atoms with Gasteiger partial charge < -0.3 is 4.90 Å². The van der Waals surface area contributed by atoms with Gasteiger partial charge >= 0.3 is 0 Å². The first-order chi connectivity index (χ1) is 6.36. The van der Waals surface area contributed by atoms with Crippen LogP contribution in [0.25, 0.3) is 0 Å². The molecule has 1 fully saturated rings. The Kier molecular flexibility index (Phi) is 2.49. The van der Waals surface area contributed by atoms with E-state index >= 15 is 0 Å². The minimum Gasteiger partial charge on any atom is -0.346 e. The number of rotatable bonds is 2. The molecule has 1 saturated heterocycles. The van der Waals surface area contributed by atoms with Gasteiger partial charge in [0, 0.05) is 31.2 Å². The van der Waals surface area contributed by atoms with E-state index in [1.54, 1.807) is 18.0 Å². The monoisotopic (exact) mass is 193 g/mol. The van der Waals surface area contributed by atoms with Crippen LogP contribution in [-0.4, -0.2) is 27.3 Å². The van der Waals surface area contributed by atoms with Crippen LogP contribution in [0.1, 0.15) is 5.56 Å². The van der Waals surface area contributed by atoms with Crippen molar-refractivity contribution in [2.45, 2.75) is 6.54 Å². The highest BCUT2D eigenvalue weighted by atomic mass is 32.2. The predicted octanol–water partition coefficient (Wildman–Crippen LogP) is 1.57. The van der Waals surface area contributed by atoms with Gasteiger partial charge in [-0.2, -0.15) is 0 Å². The number of pyridine rings is 1. The summed E-state index contributed by atoms with van der Waals surface area (Å²) in [5, 5.41) is 8.31. The minimum atomic E-state index is 0.684. The van der Waals surface area contributed by atoms with Crippen LogP contribution in [0, 0.1) is 5.41 Å². The van der Waals surface area contributed by atoms with Crippen LogP contribution in [0.2, 0.25) is 0 Å². The molecule has 2 heterocycles. The average molecular weight is 193 g/mol. The summed E-state index contributed by atoms with van der Waals surface area (Å²) in [5.74, 6) is 1.04. The van der Waals surface area contributed by atoms with Crippen molar-refractivity contribution in [3.63, 3.8) is 0 Å². The summed E-state index contributed by atoms with van der Waals surface area (Å²) in [6.45, 7) is 1.80. The number of thioether (sulfide) groups is 1. The fourth-order valence-electron chi connectivity index (χ4n) is 1.31. The first-order valence-corrected chi connectivity index (χ1v) is 5.20. The minimum absolute atomic E-state index is 0.684. The highest BCUT2D eigenvalue weighted by molar-refractivity contribution is 8.14. The summed E-state index contributed by atoms with van der Waals surface area (Å²) in [7, 11) is 0. The van der Waals surface area contributed by atoms with Crippen LogP contribution >= 0.6 is 11.8 Å². The van der Waals surface area contributed by atoms with E-state index in [2.05, 4.69) is 9.88 Å². The third-order valence-electron chi connectivity index (χ3n) is 1.98. The van der Waals surface area contributed by atoms with Crippen molar-refractivity contribution in [2.24, 2.45) is 0 Å². The van der Waals surface area contributed by atoms with Crippen LogP contribution in [-0.2, 0) is 6.54 Å². The fourth-order valence-corrected chi connectivity index (χ4v) is 2.15. The lowest BCUT2D eigenvalue weighted by atomic mass is 10.3. The number of aromatic nitrogens is 1. The van der Waals surface area contributed by atoms with E-state index in [1.807, 2.05) is 18.3 Å². The molecule has 0 bridgehead atoms. The number of hydrogen-bond donors (Lipinski definition) is 1. The number of nitrogens with one attached hydrogen (secondary N) is 1. The normalized spacial score (nSPS) is 16.6. The van der Waals surface area contributed by atoms with Gasteiger partial charge in [-0.25, -0.2) is 0 Å². The zero-order valence-corrected chi connectivity index (χ0v) is 8.05. The van der Waals surface area contributed by atoms with Gasteiger partial charge in [0.15, 0.2) is 5.17 Å². The van der Waals surface area contributed by atoms with Crippen molar-refractivity contribution in [3.05, 3.63) is 30.1 Å². The molecule has 0 radical (unpaired) electrons. The van der Waals surface area contributed by atoms with Gasteiger partial charge in [-0.1, -0.05) is 17.8 Å². The van der Waals surface area contributed by atoms with Gasteiger partial charge in [0.05, 0.1) is 0 Å². The molecular formula is C9H11N3S. The van der Waals surface area contributed by atoms with E-state index in [1.165, 1.54) is 5.56 Å². The Morgan fingerprint density at radius 1 is 1.62 bits per heavy atom. The first kappa shape index (κ1) is 8.56. The lowest BCUT2D eigenvalue weighted by Crippen LogP contribution is -2.22. The van der Waals surface area contributed by atoms with Gasteiger partial charge in [0.25, 0.3) is 0 Å². The van der Waals surface area contributed by atoms with Crippen molar-refractivity contribution in [3.8, 4) is 0 Å². The van der Waals surface area contributed by atoms with E-state index in [9.17, 15) is 0 Å². The van der Waals surface area contributed by atoms with E-state index in [0.29, 0.717) is 5.17 Å². The Hall–Kier alpha value is -1.03. The molecule has 2 rings (SSSR count). The third kappa shape index (κ3) is 2.01. The van der Waals surface area contributed by atoms with Gasteiger partial charge in [0.2, 0.25) is 0 Å². The molecule has 3 nitrogen and oxygen atoms in total. The number of amidine groups is 1. The standard InChI is InChI=1S/C9H11N3S/c10-9-12(4-5-13-9)7-8-2-1-3-11-6-8/h1-3,6,10H,4-5,7H2. The predicted molar refractivity (Wildman–Crippen MR) is 54.8 cm³/mol. The topological polar surface area (TPSA) is 40.0 Å². The Balaban J connectivity index is 2.02. The Morgan fingerprint density at radius 2 is 2.54 bits per heavy atom. The van der Waals surface area contributed by atoms with Crippen molar-refractivity contribution in [2.75, 3.05) is 12.3 Å². The number of nitrogens with zero attached hydrogens (tertiary/aromatic N) is 2. The van der Waals surface area contributed by atoms with Gasteiger partial charge in [-0.15, -0.1) is 0 Å². The summed E-state index contributed by atoms with van der Waals surface area (Å²) in [4.78, 5) is 6.12. The second-order valence-corrected chi connectivity index (χ2v) is 4.02. The maximum Gasteiger partial charge on any atom is 0.156 e. The zero-order valence-electron chi connectivity index (χ0n) is 7.23. The SMILES string of the molecule is N=C1SCCN1Cc1cccnc1. The second kappa shape index (κ2) is 3.79. The fraction of sp³-hybridized carbons (Fsp3) is 0.333. The molecule has 1 aliphatic rings. The third-order valence-corrected chi connectivity index (χ3v) is 2.90.